The van der Waals surface area contributed by atoms with Gasteiger partial charge in [-0.25, -0.2) is 0 Å². The summed E-state index contributed by atoms with van der Waals surface area (Å²) in [4.78, 5) is 0. The first kappa shape index (κ1) is 29.4. The Kier molecular flexibility index (Phi) is 11.7. The van der Waals surface area contributed by atoms with E-state index < -0.39 is 106 Å². The van der Waals surface area contributed by atoms with E-state index in [1.54, 1.807) is 0 Å². The van der Waals surface area contributed by atoms with Crippen LogP contribution in [0.25, 0.3) is 0 Å². The molecule has 0 saturated carbocycles. The van der Waals surface area contributed by atoms with Crippen molar-refractivity contribution in [3.05, 3.63) is 11.6 Å². The summed E-state index contributed by atoms with van der Waals surface area (Å²) in [6.07, 6.45) is -12.2. The van der Waals surface area contributed by atoms with E-state index in [2.05, 4.69) is 5.32 Å². The first-order valence-corrected chi connectivity index (χ1v) is 11.0. The topological polar surface area (TPSA) is 253 Å². The second kappa shape index (κ2) is 13.5. The zero-order valence-electron chi connectivity index (χ0n) is 18.5. The molecule has 0 spiro atoms. The van der Waals surface area contributed by atoms with Crippen molar-refractivity contribution in [2.75, 3.05) is 33.0 Å². The molecule has 3 unspecified atom stereocenters. The Morgan fingerprint density at radius 3 is 2.03 bits per heavy atom. The molecule has 2 aliphatic rings. The van der Waals surface area contributed by atoms with E-state index in [0.717, 1.165) is 0 Å². The Balaban J connectivity index is 2.09. The van der Waals surface area contributed by atoms with Gasteiger partial charge >= 0.3 is 0 Å². The average molecular weight is 500 g/mol. The van der Waals surface area contributed by atoms with Crippen LogP contribution in [-0.2, 0) is 9.47 Å². The molecule has 12 atom stereocenters. The molecule has 0 amide bonds. The minimum absolute atomic E-state index is 0.0418. The number of nitrogens with one attached hydrogen (secondary N) is 1. The maximum absolute atomic E-state index is 10.2. The lowest BCUT2D eigenvalue weighted by molar-refractivity contribution is -0.317. The Morgan fingerprint density at radius 2 is 1.50 bits per heavy atom. The normalized spacial score (nSPS) is 39.4. The van der Waals surface area contributed by atoms with Gasteiger partial charge in [-0.1, -0.05) is 6.08 Å². The van der Waals surface area contributed by atoms with E-state index in [0.29, 0.717) is 0 Å². The predicted octanol–water partition coefficient (Wildman–Crippen LogP) is -6.50. The molecular weight excluding hydrogens is 462 g/mol. The molecule has 1 saturated heterocycles. The number of aliphatic hydroxyl groups excluding tert-OH is 11. The van der Waals surface area contributed by atoms with Gasteiger partial charge in [-0.15, -0.1) is 0 Å². The van der Waals surface area contributed by atoms with Gasteiger partial charge in [-0.3, -0.25) is 0 Å². The second-order valence-electron chi connectivity index (χ2n) is 8.63. The highest BCUT2D eigenvalue weighted by Crippen LogP contribution is 2.26. The molecule has 200 valence electrons. The van der Waals surface area contributed by atoms with Gasteiger partial charge in [0.05, 0.1) is 38.6 Å². The van der Waals surface area contributed by atoms with Crippen LogP contribution in [0.3, 0.4) is 0 Å². The van der Waals surface area contributed by atoms with E-state index in [-0.39, 0.29) is 12.0 Å². The van der Waals surface area contributed by atoms with Crippen molar-refractivity contribution < 1.29 is 65.6 Å². The summed E-state index contributed by atoms with van der Waals surface area (Å²) in [5, 5.41) is 111. The Bertz CT molecular complexity index is 638. The van der Waals surface area contributed by atoms with Crippen LogP contribution in [0, 0.1) is 5.92 Å². The third kappa shape index (κ3) is 6.68. The summed E-state index contributed by atoms with van der Waals surface area (Å²) < 4.78 is 10.8. The van der Waals surface area contributed by atoms with Crippen LogP contribution in [0.2, 0.25) is 0 Å². The number of ether oxygens (including phenoxy) is 2. The molecule has 1 heterocycles. The molecule has 14 heteroatoms. The van der Waals surface area contributed by atoms with E-state index >= 15 is 0 Å². The predicted molar refractivity (Wildman–Crippen MR) is 112 cm³/mol. The summed E-state index contributed by atoms with van der Waals surface area (Å²) in [6.45, 7) is -2.95. The summed E-state index contributed by atoms with van der Waals surface area (Å²) in [5.41, 5.74) is 0.0740. The van der Waals surface area contributed by atoms with Crippen molar-refractivity contribution in [2.24, 2.45) is 5.92 Å². The Labute approximate surface area is 195 Å². The molecule has 1 fully saturated rings. The summed E-state index contributed by atoms with van der Waals surface area (Å²) in [7, 11) is 0. The van der Waals surface area contributed by atoms with Crippen molar-refractivity contribution in [1.82, 2.24) is 5.32 Å². The number of hydrogen-bond acceptors (Lipinski definition) is 14. The van der Waals surface area contributed by atoms with Crippen LogP contribution in [0.15, 0.2) is 11.6 Å². The smallest absolute Gasteiger partial charge is 0.187 e. The fourth-order valence-electron chi connectivity index (χ4n) is 4.17. The number of rotatable bonds is 12. The molecule has 0 aromatic heterocycles. The summed E-state index contributed by atoms with van der Waals surface area (Å²) in [5.74, 6) is -0.862. The molecule has 2 rings (SSSR count). The number of aliphatic hydroxyl groups is 11. The van der Waals surface area contributed by atoms with Gasteiger partial charge in [0.15, 0.2) is 6.29 Å². The van der Waals surface area contributed by atoms with E-state index in [1.807, 2.05) is 0 Å². The quantitative estimate of drug-likeness (QED) is 0.112. The van der Waals surface area contributed by atoms with Crippen molar-refractivity contribution in [1.29, 1.82) is 0 Å². The van der Waals surface area contributed by atoms with Gasteiger partial charge in [0.2, 0.25) is 0 Å². The van der Waals surface area contributed by atoms with Crippen LogP contribution in [-0.4, -0.2) is 156 Å². The first-order chi connectivity index (χ1) is 16.1. The number of hydrogen-bond donors (Lipinski definition) is 12. The minimum atomic E-state index is -1.72. The van der Waals surface area contributed by atoms with Crippen LogP contribution in [0.4, 0.5) is 0 Å². The van der Waals surface area contributed by atoms with Crippen LogP contribution >= 0.6 is 0 Å². The van der Waals surface area contributed by atoms with Crippen molar-refractivity contribution in [3.63, 3.8) is 0 Å². The van der Waals surface area contributed by atoms with Gasteiger partial charge in [-0.05, 0) is 12.0 Å². The highest BCUT2D eigenvalue weighted by Gasteiger charge is 2.45. The molecule has 0 aromatic carbocycles. The SMILES string of the molecule is OCC1=C[C@H](N[C@H](CO)C[C@@H](CO)[C@H](CO)O[C@@H]2OC(CO)[C@@H](O)C(O)[C@@H]2O)[C@@H](O)C(O)[C@@H]1O. The van der Waals surface area contributed by atoms with Gasteiger partial charge in [0.1, 0.15) is 42.7 Å². The van der Waals surface area contributed by atoms with Crippen LogP contribution < -0.4 is 5.32 Å². The Hall–Kier alpha value is -0.820. The fraction of sp³-hybridized carbons (Fsp3) is 0.900. The molecule has 34 heavy (non-hydrogen) atoms. The third-order valence-corrected chi connectivity index (χ3v) is 6.33. The zero-order chi connectivity index (χ0) is 25.6. The van der Waals surface area contributed by atoms with Gasteiger partial charge in [0.25, 0.3) is 0 Å². The minimum Gasteiger partial charge on any atom is -0.396 e. The maximum atomic E-state index is 10.2. The van der Waals surface area contributed by atoms with Crippen molar-refractivity contribution in [3.8, 4) is 0 Å². The molecule has 1 aliphatic heterocycles. The van der Waals surface area contributed by atoms with E-state index in [9.17, 15) is 56.2 Å². The molecule has 12 N–H and O–H groups in total. The zero-order valence-corrected chi connectivity index (χ0v) is 18.5. The highest BCUT2D eigenvalue weighted by molar-refractivity contribution is 5.21. The van der Waals surface area contributed by atoms with Crippen LogP contribution in [0.5, 0.6) is 0 Å². The largest absolute Gasteiger partial charge is 0.396 e. The van der Waals surface area contributed by atoms with Crippen LogP contribution in [0.1, 0.15) is 6.42 Å². The van der Waals surface area contributed by atoms with Crippen molar-refractivity contribution >= 4 is 0 Å². The van der Waals surface area contributed by atoms with E-state index in [1.165, 1.54) is 6.08 Å². The summed E-state index contributed by atoms with van der Waals surface area (Å²) >= 11 is 0. The molecule has 0 aromatic rings. The first-order valence-electron chi connectivity index (χ1n) is 11.0. The molecule has 1 aliphatic carbocycles. The lowest BCUT2D eigenvalue weighted by atomic mass is 9.87. The molecule has 0 radical (unpaired) electrons. The Morgan fingerprint density at radius 1 is 0.824 bits per heavy atom. The maximum Gasteiger partial charge on any atom is 0.187 e. The molecular formula is C20H37NO13. The lowest BCUT2D eigenvalue weighted by Crippen LogP contribution is -2.60. The molecule has 14 nitrogen and oxygen atoms in total. The van der Waals surface area contributed by atoms with Gasteiger partial charge < -0.3 is 71.0 Å². The average Bonchev–Trinajstić information content (AvgIpc) is 2.85. The monoisotopic (exact) mass is 499 g/mol. The van der Waals surface area contributed by atoms with Gasteiger partial charge in [0, 0.05) is 18.6 Å². The molecule has 0 bridgehead atoms. The van der Waals surface area contributed by atoms with Gasteiger partial charge in [-0.2, -0.15) is 0 Å². The second-order valence-corrected chi connectivity index (χ2v) is 8.63. The standard InChI is InChI=1S/C20H37NO13/c22-3-8(12(6-25)33-20-19(32)18(31)16(29)13(7-26)34-20)1-10(5-24)21-11-2-9(4-23)14(27)17(30)15(11)28/h2,8,10-32H,1,3-7H2/t8-,10-,11-,12-,13?,14+,15+,16+,17?,18?,19-,20+/m0/s1. The third-order valence-electron chi connectivity index (χ3n) is 6.33. The van der Waals surface area contributed by atoms with E-state index in [4.69, 9.17) is 9.47 Å². The summed E-state index contributed by atoms with van der Waals surface area (Å²) in [6, 6.07) is -1.78. The fourth-order valence-corrected chi connectivity index (χ4v) is 4.17. The lowest BCUT2D eigenvalue weighted by Gasteiger charge is -2.42. The highest BCUT2D eigenvalue weighted by atomic mass is 16.7. The van der Waals surface area contributed by atoms with Crippen molar-refractivity contribution in [2.45, 2.75) is 73.6 Å².